The number of halogens is 1. The van der Waals surface area contributed by atoms with Gasteiger partial charge in [0.25, 0.3) is 5.91 Å². The Bertz CT molecular complexity index is 1030. The lowest BCUT2D eigenvalue weighted by molar-refractivity contribution is -0.122. The molecule has 0 aromatic heterocycles. The second kappa shape index (κ2) is 10.3. The Kier molecular flexibility index (Phi) is 7.55. The summed E-state index contributed by atoms with van der Waals surface area (Å²) in [7, 11) is 0. The minimum absolute atomic E-state index is 0.0651. The van der Waals surface area contributed by atoms with Crippen LogP contribution in [0.25, 0.3) is 6.08 Å². The Morgan fingerprint density at radius 1 is 1.20 bits per heavy atom. The maximum atomic E-state index is 12.9. The summed E-state index contributed by atoms with van der Waals surface area (Å²) >= 11 is 4.76. The van der Waals surface area contributed by atoms with Gasteiger partial charge in [0.1, 0.15) is 17.6 Å². The van der Waals surface area contributed by atoms with Crippen LogP contribution >= 0.6 is 27.7 Å². The Labute approximate surface area is 188 Å². The lowest BCUT2D eigenvalue weighted by Crippen LogP contribution is -2.28. The number of aliphatic imine (C=N–C) groups is 1. The van der Waals surface area contributed by atoms with Crippen LogP contribution in [0.5, 0.6) is 11.5 Å². The predicted molar refractivity (Wildman–Crippen MR) is 123 cm³/mol. The number of nitrogens with zero attached hydrogens (tertiary/aromatic N) is 3. The van der Waals surface area contributed by atoms with Crippen molar-refractivity contribution in [2.45, 2.75) is 13.8 Å². The van der Waals surface area contributed by atoms with Crippen molar-refractivity contribution in [1.82, 2.24) is 4.90 Å². The van der Waals surface area contributed by atoms with Crippen molar-refractivity contribution in [2.75, 3.05) is 19.8 Å². The molecule has 0 N–H and O–H groups in total. The Balaban J connectivity index is 1.91. The van der Waals surface area contributed by atoms with Gasteiger partial charge < -0.3 is 9.47 Å². The molecule has 30 heavy (non-hydrogen) atoms. The maximum absolute atomic E-state index is 12.9. The number of carbonyl (C=O) groups excluding carboxylic acids is 1. The summed E-state index contributed by atoms with van der Waals surface area (Å²) in [6.45, 7) is 4.89. The zero-order valence-corrected chi connectivity index (χ0v) is 19.0. The summed E-state index contributed by atoms with van der Waals surface area (Å²) in [4.78, 5) is 19.8. The first kappa shape index (κ1) is 21.9. The molecule has 0 aliphatic carbocycles. The molecule has 1 aliphatic heterocycles. The van der Waals surface area contributed by atoms with Gasteiger partial charge in [0, 0.05) is 16.6 Å². The highest BCUT2D eigenvalue weighted by Crippen LogP contribution is 2.36. The summed E-state index contributed by atoms with van der Waals surface area (Å²) in [6.07, 6.45) is 1.77. The number of hydrogen-bond acceptors (Lipinski definition) is 6. The topological polar surface area (TPSA) is 74.9 Å². The number of thioether (sulfide) groups is 1. The van der Waals surface area contributed by atoms with Gasteiger partial charge >= 0.3 is 0 Å². The van der Waals surface area contributed by atoms with E-state index in [0.29, 0.717) is 34.5 Å². The van der Waals surface area contributed by atoms with Gasteiger partial charge in [0.15, 0.2) is 11.8 Å². The van der Waals surface area contributed by atoms with E-state index in [0.717, 1.165) is 15.9 Å². The molecule has 2 aromatic carbocycles. The first-order valence-corrected chi connectivity index (χ1v) is 11.0. The van der Waals surface area contributed by atoms with Crippen LogP contribution in [-0.2, 0) is 4.79 Å². The zero-order chi connectivity index (χ0) is 21.5. The van der Waals surface area contributed by atoms with Crippen LogP contribution in [0.3, 0.4) is 0 Å². The summed E-state index contributed by atoms with van der Waals surface area (Å²) in [5.41, 5.74) is 1.46. The third kappa shape index (κ3) is 5.23. The molecule has 3 rings (SSSR count). The first-order valence-electron chi connectivity index (χ1n) is 9.38. The number of nitriles is 1. The second-order valence-corrected chi connectivity index (χ2v) is 8.04. The number of benzene rings is 2. The second-order valence-electron chi connectivity index (χ2n) is 6.11. The van der Waals surface area contributed by atoms with E-state index in [1.165, 1.54) is 11.8 Å². The summed E-state index contributed by atoms with van der Waals surface area (Å²) in [5, 5.41) is 9.42. The van der Waals surface area contributed by atoms with E-state index in [1.807, 2.05) is 56.3 Å². The molecule has 1 fully saturated rings. The van der Waals surface area contributed by atoms with Gasteiger partial charge in [0.05, 0.1) is 17.2 Å². The standard InChI is InChI=1S/C22H20BrN3O3S/c1-3-26-21(27)20(14-15-13-16(23)5-10-19(15)29-12-11-24)30-22(26)25-17-6-8-18(9-7-17)28-4-2/h5-10,13-14H,3-4,12H2,1-2H3. The third-order valence-corrected chi connectivity index (χ3v) is 5.63. The van der Waals surface area contributed by atoms with Crippen molar-refractivity contribution >= 4 is 50.5 Å². The minimum Gasteiger partial charge on any atom is -0.494 e. The number of rotatable bonds is 7. The van der Waals surface area contributed by atoms with Gasteiger partial charge in [-0.05, 0) is 74.1 Å². The van der Waals surface area contributed by atoms with Crippen LogP contribution in [0.1, 0.15) is 19.4 Å². The van der Waals surface area contributed by atoms with Crippen LogP contribution in [0.4, 0.5) is 5.69 Å². The highest BCUT2D eigenvalue weighted by molar-refractivity contribution is 9.10. The normalized spacial score (nSPS) is 16.2. The third-order valence-electron chi connectivity index (χ3n) is 4.13. The largest absolute Gasteiger partial charge is 0.494 e. The monoisotopic (exact) mass is 485 g/mol. The van der Waals surface area contributed by atoms with Crippen molar-refractivity contribution < 1.29 is 14.3 Å². The Morgan fingerprint density at radius 3 is 2.63 bits per heavy atom. The highest BCUT2D eigenvalue weighted by Gasteiger charge is 2.32. The predicted octanol–water partition coefficient (Wildman–Crippen LogP) is 5.37. The van der Waals surface area contributed by atoms with Crippen LogP contribution in [0.2, 0.25) is 0 Å². The lowest BCUT2D eigenvalue weighted by atomic mass is 10.2. The number of carbonyl (C=O) groups is 1. The van der Waals surface area contributed by atoms with Crippen LogP contribution in [0, 0.1) is 11.3 Å². The number of hydrogen-bond donors (Lipinski definition) is 0. The van der Waals surface area contributed by atoms with Crippen LogP contribution < -0.4 is 9.47 Å². The molecule has 0 saturated carbocycles. The fraction of sp³-hybridized carbons (Fsp3) is 0.227. The van der Waals surface area contributed by atoms with E-state index in [4.69, 9.17) is 14.7 Å². The minimum atomic E-state index is -0.113. The molecule has 0 atom stereocenters. The molecule has 1 heterocycles. The molecule has 1 amide bonds. The molecule has 1 aliphatic rings. The molecule has 0 radical (unpaired) electrons. The van der Waals surface area contributed by atoms with Crippen molar-refractivity contribution in [1.29, 1.82) is 5.26 Å². The van der Waals surface area contributed by atoms with E-state index in [9.17, 15) is 4.79 Å². The molecule has 0 spiro atoms. The Hall–Kier alpha value is -2.76. The van der Waals surface area contributed by atoms with Crippen molar-refractivity contribution in [3.63, 3.8) is 0 Å². The molecule has 154 valence electrons. The molecule has 6 nitrogen and oxygen atoms in total. The first-order chi connectivity index (χ1) is 14.5. The van der Waals surface area contributed by atoms with Crippen LogP contribution in [0.15, 0.2) is 56.8 Å². The van der Waals surface area contributed by atoms with E-state index >= 15 is 0 Å². The fourth-order valence-electron chi connectivity index (χ4n) is 2.78. The highest BCUT2D eigenvalue weighted by atomic mass is 79.9. The lowest BCUT2D eigenvalue weighted by Gasteiger charge is -2.12. The van der Waals surface area contributed by atoms with Crippen molar-refractivity contribution in [2.24, 2.45) is 4.99 Å². The number of amidine groups is 1. The zero-order valence-electron chi connectivity index (χ0n) is 16.6. The average molecular weight is 486 g/mol. The smallest absolute Gasteiger partial charge is 0.266 e. The van der Waals surface area contributed by atoms with Crippen molar-refractivity contribution in [3.8, 4) is 17.6 Å². The summed E-state index contributed by atoms with van der Waals surface area (Å²) in [6, 6.07) is 14.9. The molecule has 2 aromatic rings. The summed E-state index contributed by atoms with van der Waals surface area (Å²) < 4.78 is 11.8. The van der Waals surface area contributed by atoms with Gasteiger partial charge in [0.2, 0.25) is 0 Å². The fourth-order valence-corrected chi connectivity index (χ4v) is 4.21. The molecule has 1 saturated heterocycles. The SMILES string of the molecule is CCOc1ccc(N=C2SC(=Cc3cc(Br)ccc3OCC#N)C(=O)N2CC)cc1. The number of likely N-dealkylation sites (N-methyl/N-ethyl adjacent to an activating group) is 1. The number of ether oxygens (including phenoxy) is 2. The van der Waals surface area contributed by atoms with E-state index < -0.39 is 0 Å². The maximum Gasteiger partial charge on any atom is 0.266 e. The summed E-state index contributed by atoms with van der Waals surface area (Å²) in [5.74, 6) is 1.21. The molecule has 8 heteroatoms. The molecule has 0 bridgehead atoms. The van der Waals surface area contributed by atoms with E-state index in [1.54, 1.807) is 17.0 Å². The molecular formula is C22H20BrN3O3S. The van der Waals surface area contributed by atoms with Gasteiger partial charge in [-0.1, -0.05) is 15.9 Å². The van der Waals surface area contributed by atoms with Crippen LogP contribution in [-0.4, -0.2) is 35.7 Å². The van der Waals surface area contributed by atoms with Gasteiger partial charge in [-0.2, -0.15) is 5.26 Å². The molecule has 0 unspecified atom stereocenters. The van der Waals surface area contributed by atoms with Gasteiger partial charge in [-0.15, -0.1) is 0 Å². The van der Waals surface area contributed by atoms with Crippen molar-refractivity contribution in [3.05, 3.63) is 57.4 Å². The van der Waals surface area contributed by atoms with E-state index in [-0.39, 0.29) is 12.5 Å². The Morgan fingerprint density at radius 2 is 1.97 bits per heavy atom. The number of amides is 1. The average Bonchev–Trinajstić information content (AvgIpc) is 3.03. The molecular weight excluding hydrogens is 466 g/mol. The van der Waals surface area contributed by atoms with E-state index in [2.05, 4.69) is 20.9 Å². The quantitative estimate of drug-likeness (QED) is 0.492. The van der Waals surface area contributed by atoms with Gasteiger partial charge in [-0.3, -0.25) is 9.69 Å². The van der Waals surface area contributed by atoms with Gasteiger partial charge in [-0.25, -0.2) is 4.99 Å².